The van der Waals surface area contributed by atoms with Gasteiger partial charge in [0.1, 0.15) is 12.4 Å². The highest BCUT2D eigenvalue weighted by atomic mass is 16.2. The van der Waals surface area contributed by atoms with Crippen molar-refractivity contribution in [2.24, 2.45) is 5.73 Å². The molecule has 3 nitrogen and oxygen atoms in total. The molecule has 13 heavy (non-hydrogen) atoms. The molecule has 1 aromatic rings. The van der Waals surface area contributed by atoms with E-state index in [0.717, 1.165) is 0 Å². The van der Waals surface area contributed by atoms with Crippen LogP contribution in [0.15, 0.2) is 24.3 Å². The third kappa shape index (κ3) is 2.32. The van der Waals surface area contributed by atoms with Gasteiger partial charge in [0.05, 0.1) is 0 Å². The Morgan fingerprint density at radius 2 is 2.15 bits per heavy atom. The molecule has 66 valence electrons. The molecule has 3 heteroatoms. The van der Waals surface area contributed by atoms with Gasteiger partial charge in [0.2, 0.25) is 0 Å². The van der Waals surface area contributed by atoms with Gasteiger partial charge in [-0.2, -0.15) is 0 Å². The van der Waals surface area contributed by atoms with Gasteiger partial charge in [-0.05, 0) is 6.07 Å². The van der Waals surface area contributed by atoms with Crippen molar-refractivity contribution in [2.45, 2.75) is 0 Å². The second kappa shape index (κ2) is 4.29. The zero-order valence-electron chi connectivity index (χ0n) is 7.04. The molecule has 0 aromatic heterocycles. The monoisotopic (exact) mass is 174 g/mol. The summed E-state index contributed by atoms with van der Waals surface area (Å²) in [5, 5.41) is 15.8. The molecule has 0 unspecified atom stereocenters. The maximum Gasteiger partial charge on any atom is 0.124 e. The van der Waals surface area contributed by atoms with Crippen LogP contribution in [0.25, 0.3) is 0 Å². The normalized spacial score (nSPS) is 8.69. The van der Waals surface area contributed by atoms with E-state index in [1.165, 1.54) is 0 Å². The molecular formula is C10H10N2O. The van der Waals surface area contributed by atoms with Crippen LogP contribution in [-0.2, 0) is 0 Å². The number of aliphatic hydroxyl groups is 1. The second-order valence-corrected chi connectivity index (χ2v) is 2.42. The molecule has 0 atom stereocenters. The highest BCUT2D eigenvalue weighted by Crippen LogP contribution is 2.05. The number of hydrogen-bond acceptors (Lipinski definition) is 2. The van der Waals surface area contributed by atoms with Crippen molar-refractivity contribution in [3.8, 4) is 11.8 Å². The summed E-state index contributed by atoms with van der Waals surface area (Å²) in [6.07, 6.45) is 0. The topological polar surface area (TPSA) is 70.1 Å². The highest BCUT2D eigenvalue weighted by Gasteiger charge is 2.00. The largest absolute Gasteiger partial charge is 0.384 e. The Balaban J connectivity index is 3.12. The minimum atomic E-state index is -0.188. The van der Waals surface area contributed by atoms with Crippen molar-refractivity contribution in [1.82, 2.24) is 0 Å². The summed E-state index contributed by atoms with van der Waals surface area (Å²) in [6.45, 7) is -0.188. The van der Waals surface area contributed by atoms with Crippen molar-refractivity contribution >= 4 is 5.84 Å². The van der Waals surface area contributed by atoms with Crippen LogP contribution in [0.2, 0.25) is 0 Å². The molecule has 0 amide bonds. The summed E-state index contributed by atoms with van der Waals surface area (Å²) >= 11 is 0. The van der Waals surface area contributed by atoms with Crippen LogP contribution in [-0.4, -0.2) is 17.5 Å². The fourth-order valence-corrected chi connectivity index (χ4v) is 0.962. The van der Waals surface area contributed by atoms with E-state index in [2.05, 4.69) is 11.8 Å². The van der Waals surface area contributed by atoms with Crippen LogP contribution in [0.4, 0.5) is 0 Å². The van der Waals surface area contributed by atoms with E-state index in [9.17, 15) is 0 Å². The summed E-state index contributed by atoms with van der Waals surface area (Å²) in [7, 11) is 0. The summed E-state index contributed by atoms with van der Waals surface area (Å²) in [6, 6.07) is 7.10. The molecule has 1 aromatic carbocycles. The molecule has 0 saturated carbocycles. The first-order valence-corrected chi connectivity index (χ1v) is 3.79. The lowest BCUT2D eigenvalue weighted by atomic mass is 10.1. The molecule has 0 heterocycles. The predicted molar refractivity (Wildman–Crippen MR) is 51.4 cm³/mol. The highest BCUT2D eigenvalue weighted by molar-refractivity contribution is 5.97. The molecule has 0 saturated heterocycles. The number of nitrogens with two attached hydrogens (primary N) is 1. The summed E-state index contributed by atoms with van der Waals surface area (Å²) < 4.78 is 0. The van der Waals surface area contributed by atoms with Crippen LogP contribution >= 0.6 is 0 Å². The molecule has 0 bridgehead atoms. The van der Waals surface area contributed by atoms with E-state index in [4.69, 9.17) is 16.2 Å². The average molecular weight is 174 g/mol. The number of aliphatic hydroxyl groups excluding tert-OH is 1. The molecule has 0 aliphatic rings. The summed E-state index contributed by atoms with van der Waals surface area (Å²) in [5.74, 6) is 5.23. The predicted octanol–water partition coefficient (Wildman–Crippen LogP) is 0.314. The van der Waals surface area contributed by atoms with E-state index in [1.807, 2.05) is 6.07 Å². The van der Waals surface area contributed by atoms with E-state index in [1.54, 1.807) is 18.2 Å². The van der Waals surface area contributed by atoms with E-state index < -0.39 is 0 Å². The summed E-state index contributed by atoms with van der Waals surface area (Å²) in [5.41, 5.74) is 6.61. The number of hydrogen-bond donors (Lipinski definition) is 3. The van der Waals surface area contributed by atoms with Crippen molar-refractivity contribution in [3.63, 3.8) is 0 Å². The Hall–Kier alpha value is -1.79. The van der Waals surface area contributed by atoms with E-state index in [-0.39, 0.29) is 12.4 Å². The Bertz CT molecular complexity index is 374. The minimum Gasteiger partial charge on any atom is -0.384 e. The van der Waals surface area contributed by atoms with Crippen LogP contribution < -0.4 is 5.73 Å². The fraction of sp³-hybridized carbons (Fsp3) is 0.100. The smallest absolute Gasteiger partial charge is 0.124 e. The zero-order valence-corrected chi connectivity index (χ0v) is 7.04. The maximum absolute atomic E-state index is 8.50. The van der Waals surface area contributed by atoms with Crippen LogP contribution in [0.5, 0.6) is 0 Å². The van der Waals surface area contributed by atoms with Gasteiger partial charge in [0.25, 0.3) is 0 Å². The van der Waals surface area contributed by atoms with Gasteiger partial charge in [0, 0.05) is 11.1 Å². The van der Waals surface area contributed by atoms with E-state index in [0.29, 0.717) is 11.1 Å². The number of benzene rings is 1. The van der Waals surface area contributed by atoms with Gasteiger partial charge in [-0.1, -0.05) is 30.0 Å². The van der Waals surface area contributed by atoms with Gasteiger partial charge in [-0.25, -0.2) is 0 Å². The lowest BCUT2D eigenvalue weighted by Gasteiger charge is -2.00. The Kier molecular flexibility index (Phi) is 3.07. The lowest BCUT2D eigenvalue weighted by Crippen LogP contribution is -2.12. The maximum atomic E-state index is 8.50. The first-order valence-electron chi connectivity index (χ1n) is 3.79. The Morgan fingerprint density at radius 3 is 2.77 bits per heavy atom. The van der Waals surface area contributed by atoms with Crippen LogP contribution in [0.1, 0.15) is 11.1 Å². The molecule has 0 aliphatic heterocycles. The van der Waals surface area contributed by atoms with Crippen molar-refractivity contribution in [2.75, 3.05) is 6.61 Å². The molecule has 0 aliphatic carbocycles. The lowest BCUT2D eigenvalue weighted by molar-refractivity contribution is 0.350. The number of nitrogen functional groups attached to an aromatic ring is 1. The van der Waals surface area contributed by atoms with Crippen LogP contribution in [0, 0.1) is 17.3 Å². The number of amidine groups is 1. The average Bonchev–Trinajstić information content (AvgIpc) is 2.15. The Labute approximate surface area is 76.7 Å². The van der Waals surface area contributed by atoms with Crippen LogP contribution in [0.3, 0.4) is 0 Å². The van der Waals surface area contributed by atoms with Gasteiger partial charge < -0.3 is 10.8 Å². The SMILES string of the molecule is N=C(N)c1ccccc1C#CCO. The zero-order chi connectivity index (χ0) is 9.68. The van der Waals surface area contributed by atoms with Gasteiger partial charge >= 0.3 is 0 Å². The molecule has 4 N–H and O–H groups in total. The molecule has 0 radical (unpaired) electrons. The minimum absolute atomic E-state index is 0.0113. The molecule has 0 fully saturated rings. The van der Waals surface area contributed by atoms with Gasteiger partial charge in [0.15, 0.2) is 0 Å². The summed E-state index contributed by atoms with van der Waals surface area (Å²) in [4.78, 5) is 0. The van der Waals surface area contributed by atoms with Crippen molar-refractivity contribution in [1.29, 1.82) is 5.41 Å². The molecule has 1 rings (SSSR count). The molecule has 0 spiro atoms. The van der Waals surface area contributed by atoms with Gasteiger partial charge in [-0.15, -0.1) is 0 Å². The third-order valence-electron chi connectivity index (χ3n) is 1.52. The Morgan fingerprint density at radius 1 is 1.46 bits per heavy atom. The first-order chi connectivity index (χ1) is 6.25. The second-order valence-electron chi connectivity index (χ2n) is 2.42. The standard InChI is InChI=1S/C10H10N2O/c11-10(12)9-6-2-1-4-8(9)5-3-7-13/h1-2,4,6,13H,7H2,(H3,11,12). The van der Waals surface area contributed by atoms with E-state index >= 15 is 0 Å². The quantitative estimate of drug-likeness (QED) is 0.326. The van der Waals surface area contributed by atoms with Crippen molar-refractivity contribution < 1.29 is 5.11 Å². The first kappa shape index (κ1) is 9.30. The van der Waals surface area contributed by atoms with Gasteiger partial charge in [-0.3, -0.25) is 5.41 Å². The van der Waals surface area contributed by atoms with Crippen molar-refractivity contribution in [3.05, 3.63) is 35.4 Å². The fourth-order valence-electron chi connectivity index (χ4n) is 0.962. The number of rotatable bonds is 1. The number of nitrogens with one attached hydrogen (secondary N) is 1. The molecular weight excluding hydrogens is 164 g/mol. The third-order valence-corrected chi connectivity index (χ3v) is 1.52.